The van der Waals surface area contributed by atoms with Crippen LogP contribution in [0.25, 0.3) is 0 Å². The molecular weight excluding hydrogens is 350 g/mol. The van der Waals surface area contributed by atoms with Crippen molar-refractivity contribution in [2.24, 2.45) is 12.5 Å². The molecule has 0 bridgehead atoms. The van der Waals surface area contributed by atoms with Crippen LogP contribution in [0.15, 0.2) is 48.7 Å². The van der Waals surface area contributed by atoms with Crippen molar-refractivity contribution in [3.63, 3.8) is 0 Å². The molecular formula is C23H33N3O2. The molecule has 1 heterocycles. The minimum absolute atomic E-state index is 0.0150. The number of benzene rings is 1. The van der Waals surface area contributed by atoms with Crippen LogP contribution < -0.4 is 0 Å². The summed E-state index contributed by atoms with van der Waals surface area (Å²) in [5, 5.41) is 0. The van der Waals surface area contributed by atoms with E-state index in [1.165, 1.54) is 0 Å². The van der Waals surface area contributed by atoms with Gasteiger partial charge in [-0.15, -0.1) is 0 Å². The number of carbonyl (C=O) groups is 2. The molecule has 0 saturated carbocycles. The molecule has 152 valence electrons. The van der Waals surface area contributed by atoms with Crippen molar-refractivity contribution in [3.8, 4) is 0 Å². The van der Waals surface area contributed by atoms with E-state index in [9.17, 15) is 9.59 Å². The van der Waals surface area contributed by atoms with Crippen LogP contribution in [0.5, 0.6) is 0 Å². The molecule has 0 fully saturated rings. The van der Waals surface area contributed by atoms with E-state index < -0.39 is 5.41 Å². The van der Waals surface area contributed by atoms with E-state index in [4.69, 9.17) is 0 Å². The first kappa shape index (κ1) is 21.7. The summed E-state index contributed by atoms with van der Waals surface area (Å²) in [5.41, 5.74) is 1.64. The molecule has 0 radical (unpaired) electrons. The third kappa shape index (κ3) is 5.98. The lowest BCUT2D eigenvalue weighted by molar-refractivity contribution is -0.146. The Kier molecular flexibility index (Phi) is 7.44. The van der Waals surface area contributed by atoms with Gasteiger partial charge in [0.25, 0.3) is 0 Å². The van der Waals surface area contributed by atoms with Crippen molar-refractivity contribution < 1.29 is 9.59 Å². The summed E-state index contributed by atoms with van der Waals surface area (Å²) in [7, 11) is 1.98. The largest absolute Gasteiger partial charge is 0.353 e. The van der Waals surface area contributed by atoms with Crippen molar-refractivity contribution in [2.45, 2.75) is 47.2 Å². The highest BCUT2D eigenvalue weighted by Gasteiger charge is 2.29. The molecule has 2 rings (SSSR count). The second kappa shape index (κ2) is 9.58. The van der Waals surface area contributed by atoms with Crippen molar-refractivity contribution in [1.29, 1.82) is 0 Å². The van der Waals surface area contributed by atoms with Gasteiger partial charge in [0.05, 0.1) is 13.1 Å². The SMILES string of the molecule is CCCN(CC(=O)N(Cc1ccccc1)Cc1cccn1C)C(=O)C(C)(C)C. The summed E-state index contributed by atoms with van der Waals surface area (Å²) in [6.07, 6.45) is 2.80. The highest BCUT2D eigenvalue weighted by Crippen LogP contribution is 2.18. The third-order valence-electron chi connectivity index (χ3n) is 4.72. The normalized spacial score (nSPS) is 11.3. The molecule has 0 aliphatic rings. The van der Waals surface area contributed by atoms with E-state index in [-0.39, 0.29) is 18.4 Å². The Hall–Kier alpha value is -2.56. The van der Waals surface area contributed by atoms with Gasteiger partial charge in [-0.3, -0.25) is 9.59 Å². The third-order valence-corrected chi connectivity index (χ3v) is 4.72. The number of hydrogen-bond donors (Lipinski definition) is 0. The maximum atomic E-state index is 13.2. The summed E-state index contributed by atoms with van der Waals surface area (Å²) in [4.78, 5) is 29.6. The smallest absolute Gasteiger partial charge is 0.242 e. The average molecular weight is 384 g/mol. The monoisotopic (exact) mass is 383 g/mol. The van der Waals surface area contributed by atoms with Gasteiger partial charge >= 0.3 is 0 Å². The zero-order chi connectivity index (χ0) is 20.7. The molecule has 28 heavy (non-hydrogen) atoms. The minimum Gasteiger partial charge on any atom is -0.353 e. The second-order valence-corrected chi connectivity index (χ2v) is 8.32. The van der Waals surface area contributed by atoms with Gasteiger partial charge in [-0.25, -0.2) is 0 Å². The van der Waals surface area contributed by atoms with Gasteiger partial charge in [-0.05, 0) is 24.1 Å². The summed E-state index contributed by atoms with van der Waals surface area (Å²) in [6, 6.07) is 14.0. The van der Waals surface area contributed by atoms with Gasteiger partial charge in [0.2, 0.25) is 11.8 Å². The van der Waals surface area contributed by atoms with Crippen molar-refractivity contribution in [1.82, 2.24) is 14.4 Å². The fraction of sp³-hybridized carbons (Fsp3) is 0.478. The van der Waals surface area contributed by atoms with Crippen molar-refractivity contribution in [3.05, 3.63) is 59.9 Å². The zero-order valence-corrected chi connectivity index (χ0v) is 17.8. The fourth-order valence-corrected chi connectivity index (χ4v) is 3.15. The van der Waals surface area contributed by atoms with Crippen LogP contribution >= 0.6 is 0 Å². The van der Waals surface area contributed by atoms with E-state index in [1.807, 2.05) is 92.9 Å². The topological polar surface area (TPSA) is 45.6 Å². The molecule has 0 spiro atoms. The lowest BCUT2D eigenvalue weighted by atomic mass is 9.94. The van der Waals surface area contributed by atoms with Crippen LogP contribution in [0.3, 0.4) is 0 Å². The lowest BCUT2D eigenvalue weighted by Crippen LogP contribution is -2.46. The van der Waals surface area contributed by atoms with E-state index in [0.717, 1.165) is 17.7 Å². The quantitative estimate of drug-likeness (QED) is 0.695. The number of aromatic nitrogens is 1. The first-order valence-electron chi connectivity index (χ1n) is 9.93. The fourth-order valence-electron chi connectivity index (χ4n) is 3.15. The predicted octanol–water partition coefficient (Wildman–Crippen LogP) is 3.84. The number of nitrogens with zero attached hydrogens (tertiary/aromatic N) is 3. The Morgan fingerprint density at radius 2 is 1.64 bits per heavy atom. The van der Waals surface area contributed by atoms with Gasteiger partial charge in [0.15, 0.2) is 0 Å². The van der Waals surface area contributed by atoms with Crippen molar-refractivity contribution in [2.75, 3.05) is 13.1 Å². The maximum absolute atomic E-state index is 13.2. The van der Waals surface area contributed by atoms with Gasteiger partial charge < -0.3 is 14.4 Å². The van der Waals surface area contributed by atoms with Crippen LogP contribution in [-0.4, -0.2) is 39.3 Å². The molecule has 1 aromatic heterocycles. The Bertz CT molecular complexity index is 775. The van der Waals surface area contributed by atoms with Gasteiger partial charge in [-0.2, -0.15) is 0 Å². The first-order chi connectivity index (χ1) is 13.2. The van der Waals surface area contributed by atoms with Crippen LogP contribution in [-0.2, 0) is 29.7 Å². The number of rotatable bonds is 8. The number of aryl methyl sites for hydroxylation is 1. The summed E-state index contributed by atoms with van der Waals surface area (Å²) >= 11 is 0. The number of hydrogen-bond acceptors (Lipinski definition) is 2. The highest BCUT2D eigenvalue weighted by atomic mass is 16.2. The zero-order valence-electron chi connectivity index (χ0n) is 17.8. The van der Waals surface area contributed by atoms with E-state index in [2.05, 4.69) is 0 Å². The second-order valence-electron chi connectivity index (χ2n) is 8.32. The number of carbonyl (C=O) groups excluding carboxylic acids is 2. The summed E-state index contributed by atoms with van der Waals surface area (Å²) in [5.74, 6) is -0.0164. The maximum Gasteiger partial charge on any atom is 0.242 e. The average Bonchev–Trinajstić information content (AvgIpc) is 3.05. The van der Waals surface area contributed by atoms with E-state index in [0.29, 0.717) is 19.6 Å². The molecule has 2 amide bonds. The molecule has 0 N–H and O–H groups in total. The lowest BCUT2D eigenvalue weighted by Gasteiger charge is -2.31. The van der Waals surface area contributed by atoms with Crippen molar-refractivity contribution >= 4 is 11.8 Å². The highest BCUT2D eigenvalue weighted by molar-refractivity contribution is 5.87. The molecule has 0 saturated heterocycles. The number of amides is 2. The Morgan fingerprint density at radius 3 is 2.18 bits per heavy atom. The molecule has 0 aliphatic heterocycles. The van der Waals surface area contributed by atoms with Crippen LogP contribution in [0, 0.1) is 5.41 Å². The Labute approximate surface area is 168 Å². The predicted molar refractivity (Wildman–Crippen MR) is 112 cm³/mol. The molecule has 5 heteroatoms. The molecule has 0 unspecified atom stereocenters. The molecule has 0 atom stereocenters. The molecule has 0 aliphatic carbocycles. The van der Waals surface area contributed by atoms with E-state index in [1.54, 1.807) is 4.90 Å². The summed E-state index contributed by atoms with van der Waals surface area (Å²) < 4.78 is 2.02. The van der Waals surface area contributed by atoms with Crippen LogP contribution in [0.1, 0.15) is 45.4 Å². The molecule has 2 aromatic rings. The van der Waals surface area contributed by atoms with Gasteiger partial charge in [-0.1, -0.05) is 58.0 Å². The van der Waals surface area contributed by atoms with Crippen LogP contribution in [0.2, 0.25) is 0 Å². The van der Waals surface area contributed by atoms with Gasteiger partial charge in [0, 0.05) is 37.4 Å². The standard InChI is InChI=1S/C23H33N3O2/c1-6-14-25(22(28)23(2,3)4)18-21(27)26(16-19-11-8-7-9-12-19)17-20-13-10-15-24(20)5/h7-13,15H,6,14,16-18H2,1-5H3. The van der Waals surface area contributed by atoms with Gasteiger partial charge in [0.1, 0.15) is 0 Å². The Morgan fingerprint density at radius 1 is 0.964 bits per heavy atom. The minimum atomic E-state index is -0.502. The van der Waals surface area contributed by atoms with E-state index >= 15 is 0 Å². The van der Waals surface area contributed by atoms with Crippen LogP contribution in [0.4, 0.5) is 0 Å². The molecule has 1 aromatic carbocycles. The summed E-state index contributed by atoms with van der Waals surface area (Å²) in [6.45, 7) is 9.46. The molecule has 5 nitrogen and oxygen atoms in total. The first-order valence-corrected chi connectivity index (χ1v) is 9.93. The Balaban J connectivity index is 2.21.